The molecule has 0 bridgehead atoms. The average Bonchev–Trinajstić information content (AvgIpc) is 3.30. The first-order chi connectivity index (χ1) is 13.9. The minimum atomic E-state index is -0.674. The zero-order valence-electron chi connectivity index (χ0n) is 16.7. The van der Waals surface area contributed by atoms with Crippen molar-refractivity contribution in [3.05, 3.63) is 59.4 Å². The number of nitrogens with zero attached hydrogens (tertiary/aromatic N) is 3. The quantitative estimate of drug-likeness (QED) is 0.669. The molecule has 1 aliphatic heterocycles. The average molecular weight is 389 g/mol. The number of H-pyrrole nitrogens is 1. The number of benzene rings is 2. The van der Waals surface area contributed by atoms with Crippen molar-refractivity contribution >= 4 is 23.2 Å². The number of aromatic amines is 1. The van der Waals surface area contributed by atoms with Gasteiger partial charge in [0.05, 0.1) is 0 Å². The summed E-state index contributed by atoms with van der Waals surface area (Å²) in [6.07, 6.45) is 0.506. The van der Waals surface area contributed by atoms with E-state index in [1.54, 1.807) is 17.0 Å². The second-order valence-electron chi connectivity index (χ2n) is 7.41. The molecule has 2 amide bonds. The Bertz CT molecular complexity index is 1070. The lowest BCUT2D eigenvalue weighted by Crippen LogP contribution is -2.33. The second kappa shape index (κ2) is 7.50. The number of aryl methyl sites for hydroxylation is 3. The van der Waals surface area contributed by atoms with Crippen LogP contribution in [-0.4, -0.2) is 33.5 Å². The summed E-state index contributed by atoms with van der Waals surface area (Å²) >= 11 is 0. The van der Waals surface area contributed by atoms with E-state index in [0.29, 0.717) is 24.5 Å². The topological polar surface area (TPSA) is 91.0 Å². The Kier molecular flexibility index (Phi) is 4.88. The van der Waals surface area contributed by atoms with Crippen molar-refractivity contribution in [1.82, 2.24) is 15.2 Å². The molecule has 1 fully saturated rings. The maximum absolute atomic E-state index is 12.8. The first-order valence-electron chi connectivity index (χ1n) is 9.61. The second-order valence-corrected chi connectivity index (χ2v) is 7.41. The van der Waals surface area contributed by atoms with Gasteiger partial charge >= 0.3 is 0 Å². The summed E-state index contributed by atoms with van der Waals surface area (Å²) in [5, 5.41) is 9.79. The molecular weight excluding hydrogens is 366 g/mol. The van der Waals surface area contributed by atoms with E-state index in [-0.39, 0.29) is 11.8 Å². The maximum Gasteiger partial charge on any atom is 0.239 e. The summed E-state index contributed by atoms with van der Waals surface area (Å²) in [6, 6.07) is 13.2. The number of carbonyl (C=O) groups excluding carboxylic acids is 2. The molecule has 1 aromatic heterocycles. The van der Waals surface area contributed by atoms with Crippen molar-refractivity contribution in [2.24, 2.45) is 5.92 Å². The number of nitrogens with one attached hydrogen (secondary N) is 2. The molecule has 1 aliphatic rings. The van der Waals surface area contributed by atoms with Gasteiger partial charge in [0.15, 0.2) is 5.82 Å². The lowest BCUT2D eigenvalue weighted by molar-refractivity contribution is -0.129. The summed E-state index contributed by atoms with van der Waals surface area (Å²) in [4.78, 5) is 31.5. The largest absolute Gasteiger partial charge is 0.325 e. The molecular formula is C22H23N5O2. The zero-order valence-corrected chi connectivity index (χ0v) is 16.7. The maximum atomic E-state index is 12.8. The molecule has 2 aromatic carbocycles. The fraction of sp³-hybridized carbons (Fsp3) is 0.273. The molecule has 2 heterocycles. The van der Waals surface area contributed by atoms with Crippen LogP contribution in [0.15, 0.2) is 42.5 Å². The molecule has 4 rings (SSSR count). The number of hydrogen-bond acceptors (Lipinski definition) is 4. The highest BCUT2D eigenvalue weighted by molar-refractivity contribution is 6.13. The van der Waals surface area contributed by atoms with Gasteiger partial charge in [0.25, 0.3) is 0 Å². The molecule has 1 atom stereocenters. The van der Waals surface area contributed by atoms with Crippen molar-refractivity contribution in [3.63, 3.8) is 0 Å². The molecule has 7 heteroatoms. The summed E-state index contributed by atoms with van der Waals surface area (Å²) in [5.74, 6) is 0.245. The first-order valence-corrected chi connectivity index (χ1v) is 9.61. The highest BCUT2D eigenvalue weighted by atomic mass is 16.2. The SMILES string of the molecule is Cc1nc(-c2ccc(NC(=O)C3CCN(c4ccc(C)c(C)c4)C3=O)cc2)n[nH]1. The number of hydrogen-bond donors (Lipinski definition) is 2. The van der Waals surface area contributed by atoms with Crippen molar-refractivity contribution in [2.45, 2.75) is 27.2 Å². The number of rotatable bonds is 4. The molecule has 0 saturated carbocycles. The monoisotopic (exact) mass is 389 g/mol. The third kappa shape index (κ3) is 3.76. The molecule has 0 aliphatic carbocycles. The Labute approximate surface area is 169 Å². The van der Waals surface area contributed by atoms with Crippen LogP contribution < -0.4 is 10.2 Å². The van der Waals surface area contributed by atoms with Crippen LogP contribution in [0.4, 0.5) is 11.4 Å². The minimum Gasteiger partial charge on any atom is -0.325 e. The molecule has 1 unspecified atom stereocenters. The van der Waals surface area contributed by atoms with Crippen LogP contribution in [0.1, 0.15) is 23.4 Å². The van der Waals surface area contributed by atoms with Gasteiger partial charge in [-0.3, -0.25) is 14.7 Å². The highest BCUT2D eigenvalue weighted by Crippen LogP contribution is 2.28. The predicted octanol–water partition coefficient (Wildman–Crippen LogP) is 3.39. The smallest absolute Gasteiger partial charge is 0.239 e. The van der Waals surface area contributed by atoms with Crippen LogP contribution in [0.25, 0.3) is 11.4 Å². The normalized spacial score (nSPS) is 16.3. The molecule has 2 N–H and O–H groups in total. The van der Waals surface area contributed by atoms with E-state index >= 15 is 0 Å². The molecule has 3 aromatic rings. The van der Waals surface area contributed by atoms with Gasteiger partial charge in [0.1, 0.15) is 11.7 Å². The summed E-state index contributed by atoms with van der Waals surface area (Å²) in [5.41, 5.74) is 4.65. The standard InChI is InChI=1S/C22H23N5O2/c1-13-4-9-18(12-14(13)2)27-11-10-19(22(27)29)21(28)24-17-7-5-16(6-8-17)20-23-15(3)25-26-20/h4-9,12,19H,10-11H2,1-3H3,(H,24,28)(H,23,25,26). The van der Waals surface area contributed by atoms with Crippen LogP contribution in [-0.2, 0) is 9.59 Å². The van der Waals surface area contributed by atoms with Gasteiger partial charge < -0.3 is 10.2 Å². The van der Waals surface area contributed by atoms with E-state index in [2.05, 4.69) is 20.5 Å². The Balaban J connectivity index is 1.43. The molecule has 1 saturated heterocycles. The van der Waals surface area contributed by atoms with E-state index in [1.165, 1.54) is 5.56 Å². The molecule has 148 valence electrons. The highest BCUT2D eigenvalue weighted by Gasteiger charge is 2.37. The van der Waals surface area contributed by atoms with Crippen LogP contribution in [0, 0.1) is 26.7 Å². The van der Waals surface area contributed by atoms with E-state index in [1.807, 2.05) is 51.1 Å². The van der Waals surface area contributed by atoms with Crippen LogP contribution in [0.5, 0.6) is 0 Å². The van der Waals surface area contributed by atoms with Crippen LogP contribution >= 0.6 is 0 Å². The summed E-state index contributed by atoms with van der Waals surface area (Å²) in [7, 11) is 0. The zero-order chi connectivity index (χ0) is 20.5. The van der Waals surface area contributed by atoms with Gasteiger partial charge in [-0.2, -0.15) is 5.10 Å². The van der Waals surface area contributed by atoms with Gasteiger partial charge in [0.2, 0.25) is 11.8 Å². The molecule has 0 radical (unpaired) electrons. The van der Waals surface area contributed by atoms with Crippen molar-refractivity contribution in [2.75, 3.05) is 16.8 Å². The Morgan fingerprint density at radius 1 is 1.10 bits per heavy atom. The van der Waals surface area contributed by atoms with Gasteiger partial charge in [-0.25, -0.2) is 4.98 Å². The molecule has 7 nitrogen and oxygen atoms in total. The van der Waals surface area contributed by atoms with E-state index in [0.717, 1.165) is 22.6 Å². The Morgan fingerprint density at radius 2 is 1.86 bits per heavy atom. The lowest BCUT2D eigenvalue weighted by Gasteiger charge is -2.18. The van der Waals surface area contributed by atoms with Gasteiger partial charge in [-0.05, 0) is 74.7 Å². The summed E-state index contributed by atoms with van der Waals surface area (Å²) < 4.78 is 0. The predicted molar refractivity (Wildman–Crippen MR) is 112 cm³/mol. The van der Waals surface area contributed by atoms with Gasteiger partial charge in [-0.15, -0.1) is 0 Å². The lowest BCUT2D eigenvalue weighted by atomic mass is 10.1. The number of carbonyl (C=O) groups is 2. The van der Waals surface area contributed by atoms with E-state index in [4.69, 9.17) is 0 Å². The van der Waals surface area contributed by atoms with Crippen molar-refractivity contribution in [1.29, 1.82) is 0 Å². The minimum absolute atomic E-state index is 0.154. The third-order valence-electron chi connectivity index (χ3n) is 5.33. The van der Waals surface area contributed by atoms with E-state index < -0.39 is 5.92 Å². The van der Waals surface area contributed by atoms with Gasteiger partial charge in [-0.1, -0.05) is 6.07 Å². The fourth-order valence-electron chi connectivity index (χ4n) is 3.48. The van der Waals surface area contributed by atoms with Crippen molar-refractivity contribution in [3.8, 4) is 11.4 Å². The number of aromatic nitrogens is 3. The Hall–Kier alpha value is -3.48. The fourth-order valence-corrected chi connectivity index (χ4v) is 3.48. The molecule has 0 spiro atoms. The van der Waals surface area contributed by atoms with Crippen LogP contribution in [0.2, 0.25) is 0 Å². The first kappa shape index (κ1) is 18.9. The van der Waals surface area contributed by atoms with Gasteiger partial charge in [0, 0.05) is 23.5 Å². The number of amides is 2. The third-order valence-corrected chi connectivity index (χ3v) is 5.33. The van der Waals surface area contributed by atoms with Crippen LogP contribution in [0.3, 0.4) is 0 Å². The van der Waals surface area contributed by atoms with E-state index in [9.17, 15) is 9.59 Å². The van der Waals surface area contributed by atoms with Crippen molar-refractivity contribution < 1.29 is 9.59 Å². The Morgan fingerprint density at radius 3 is 2.52 bits per heavy atom. The molecule has 29 heavy (non-hydrogen) atoms. The number of anilines is 2. The summed E-state index contributed by atoms with van der Waals surface area (Å²) in [6.45, 7) is 6.44.